The standard InChI is InChI=1S/C15H27N19/c16-1-2-21-12-29-9(19)30-13(33-12)24-5-6-25-15-32-10(20)31-14(34-15)23-4-3-22-11-27-7(17)26-8(18)28-11/h1-6,16H2,(H5,17,18,22,26,27,28)(H4,19,21,24,29,30,33)(H4,20,23,25,31,32,34). The van der Waals surface area contributed by atoms with Gasteiger partial charge in [-0.3, -0.25) is 0 Å². The lowest BCUT2D eigenvalue weighted by molar-refractivity contribution is 0.946. The van der Waals surface area contributed by atoms with Crippen molar-refractivity contribution in [2.45, 2.75) is 0 Å². The Labute approximate surface area is 193 Å². The molecule has 34 heavy (non-hydrogen) atoms. The molecule has 182 valence electrons. The normalized spacial score (nSPS) is 10.5. The van der Waals surface area contributed by atoms with E-state index in [1.165, 1.54) is 0 Å². The molecule has 0 bridgehead atoms. The van der Waals surface area contributed by atoms with Gasteiger partial charge >= 0.3 is 0 Å². The predicted octanol–water partition coefficient (Wildman–Crippen LogP) is -3.01. The molecule has 0 aromatic carbocycles. The quantitative estimate of drug-likeness (QED) is 0.110. The number of nitrogens with two attached hydrogens (primary N) is 5. The molecule has 15 N–H and O–H groups in total. The summed E-state index contributed by atoms with van der Waals surface area (Å²) in [6, 6.07) is 0. The van der Waals surface area contributed by atoms with Gasteiger partial charge in [0.2, 0.25) is 53.5 Å². The van der Waals surface area contributed by atoms with Crippen molar-refractivity contribution < 1.29 is 0 Å². The van der Waals surface area contributed by atoms with Crippen LogP contribution < -0.4 is 55.3 Å². The number of hydrogen-bond acceptors (Lipinski definition) is 19. The number of aromatic nitrogens is 9. The zero-order valence-electron chi connectivity index (χ0n) is 18.2. The molecule has 3 heterocycles. The molecule has 19 nitrogen and oxygen atoms in total. The highest BCUT2D eigenvalue weighted by Crippen LogP contribution is 2.08. The molecule has 0 aliphatic carbocycles. The summed E-state index contributed by atoms with van der Waals surface area (Å²) in [6.07, 6.45) is 0. The average Bonchev–Trinajstić information content (AvgIpc) is 2.77. The predicted molar refractivity (Wildman–Crippen MR) is 129 cm³/mol. The summed E-state index contributed by atoms with van der Waals surface area (Å²) in [5.41, 5.74) is 28.0. The molecule has 3 rings (SSSR count). The number of nitrogens with one attached hydrogen (secondary N) is 5. The molecule has 0 fully saturated rings. The second-order valence-corrected chi connectivity index (χ2v) is 6.48. The Morgan fingerprint density at radius 3 is 0.971 bits per heavy atom. The van der Waals surface area contributed by atoms with Gasteiger partial charge in [0.05, 0.1) is 0 Å². The lowest BCUT2D eigenvalue weighted by Gasteiger charge is -2.10. The Morgan fingerprint density at radius 2 is 0.647 bits per heavy atom. The van der Waals surface area contributed by atoms with Crippen molar-refractivity contribution in [3.8, 4) is 0 Å². The lowest BCUT2D eigenvalue weighted by Crippen LogP contribution is -2.20. The number of nitrogen functional groups attached to an aromatic ring is 4. The maximum Gasteiger partial charge on any atom is 0.229 e. The minimum atomic E-state index is 0.0288. The number of nitrogens with zero attached hydrogens (tertiary/aromatic N) is 9. The molecule has 0 saturated carbocycles. The second-order valence-electron chi connectivity index (χ2n) is 6.48. The van der Waals surface area contributed by atoms with Crippen LogP contribution in [0, 0.1) is 0 Å². The first-order valence-corrected chi connectivity index (χ1v) is 10.1. The Balaban J connectivity index is 1.44. The number of anilines is 9. The highest BCUT2D eigenvalue weighted by atomic mass is 15.3. The van der Waals surface area contributed by atoms with Gasteiger partial charge in [-0.05, 0) is 0 Å². The smallest absolute Gasteiger partial charge is 0.229 e. The van der Waals surface area contributed by atoms with Crippen molar-refractivity contribution in [3.63, 3.8) is 0 Å². The molecule has 0 unspecified atom stereocenters. The summed E-state index contributed by atoms with van der Waals surface area (Å²) >= 11 is 0. The van der Waals surface area contributed by atoms with Crippen LogP contribution in [0.25, 0.3) is 0 Å². The summed E-state index contributed by atoms with van der Waals surface area (Å²) in [7, 11) is 0. The van der Waals surface area contributed by atoms with Crippen LogP contribution in [-0.4, -0.2) is 84.1 Å². The van der Waals surface area contributed by atoms with E-state index >= 15 is 0 Å². The molecule has 19 heteroatoms. The molecule has 0 aliphatic heterocycles. The van der Waals surface area contributed by atoms with Crippen molar-refractivity contribution in [1.82, 2.24) is 44.9 Å². The molecule has 0 spiro atoms. The fourth-order valence-corrected chi connectivity index (χ4v) is 2.47. The van der Waals surface area contributed by atoms with Crippen LogP contribution >= 0.6 is 0 Å². The molecule has 0 atom stereocenters. The fourth-order valence-electron chi connectivity index (χ4n) is 2.47. The van der Waals surface area contributed by atoms with Gasteiger partial charge < -0.3 is 55.3 Å². The lowest BCUT2D eigenvalue weighted by atomic mass is 10.6. The highest BCUT2D eigenvalue weighted by molar-refractivity contribution is 5.42. The van der Waals surface area contributed by atoms with E-state index in [4.69, 9.17) is 28.7 Å². The highest BCUT2D eigenvalue weighted by Gasteiger charge is 2.06. The zero-order chi connectivity index (χ0) is 24.3. The zero-order valence-corrected chi connectivity index (χ0v) is 18.2. The third-order valence-electron chi connectivity index (χ3n) is 3.79. The minimum Gasteiger partial charge on any atom is -0.368 e. The topological polar surface area (TPSA) is 306 Å². The van der Waals surface area contributed by atoms with Crippen LogP contribution in [0.15, 0.2) is 0 Å². The van der Waals surface area contributed by atoms with Gasteiger partial charge in [0, 0.05) is 39.3 Å². The third kappa shape index (κ3) is 7.71. The van der Waals surface area contributed by atoms with Crippen LogP contribution in [0.5, 0.6) is 0 Å². The van der Waals surface area contributed by atoms with E-state index < -0.39 is 0 Å². The van der Waals surface area contributed by atoms with Crippen LogP contribution in [0.4, 0.5) is 53.5 Å². The average molecular weight is 474 g/mol. The second kappa shape index (κ2) is 11.7. The number of hydrogen-bond donors (Lipinski definition) is 10. The van der Waals surface area contributed by atoms with Crippen LogP contribution in [0.3, 0.4) is 0 Å². The van der Waals surface area contributed by atoms with Gasteiger partial charge in [-0.15, -0.1) is 0 Å². The Bertz CT molecular complexity index is 1050. The van der Waals surface area contributed by atoms with E-state index in [-0.39, 0.29) is 29.7 Å². The van der Waals surface area contributed by atoms with E-state index in [0.29, 0.717) is 63.1 Å². The minimum absolute atomic E-state index is 0.0288. The van der Waals surface area contributed by atoms with Crippen molar-refractivity contribution in [3.05, 3.63) is 0 Å². The largest absolute Gasteiger partial charge is 0.368 e. The molecule has 0 amide bonds. The van der Waals surface area contributed by atoms with Gasteiger partial charge in [-0.2, -0.15) is 44.9 Å². The summed E-state index contributed by atoms with van der Waals surface area (Å²) < 4.78 is 0. The first-order valence-electron chi connectivity index (χ1n) is 10.1. The molecule has 0 aliphatic rings. The maximum absolute atomic E-state index is 5.77. The summed E-state index contributed by atoms with van der Waals surface area (Å²) in [5, 5.41) is 15.0. The molecule has 3 aromatic heterocycles. The summed E-state index contributed by atoms with van der Waals surface area (Å²) in [5.74, 6) is 1.71. The molecular weight excluding hydrogens is 446 g/mol. The Kier molecular flexibility index (Phi) is 8.21. The van der Waals surface area contributed by atoms with Gasteiger partial charge in [-0.1, -0.05) is 0 Å². The van der Waals surface area contributed by atoms with Crippen LogP contribution in [0.2, 0.25) is 0 Å². The van der Waals surface area contributed by atoms with Crippen molar-refractivity contribution in [2.24, 2.45) is 5.73 Å². The SMILES string of the molecule is NCCNc1nc(N)nc(NCCNc2nc(N)nc(NCCNc3nc(N)nc(N)n3)n2)n1. The van der Waals surface area contributed by atoms with E-state index in [2.05, 4.69) is 71.4 Å². The van der Waals surface area contributed by atoms with Crippen molar-refractivity contribution >= 4 is 53.5 Å². The van der Waals surface area contributed by atoms with Crippen molar-refractivity contribution in [1.29, 1.82) is 0 Å². The maximum atomic E-state index is 5.77. The first-order chi connectivity index (χ1) is 16.4. The van der Waals surface area contributed by atoms with Gasteiger partial charge in [0.25, 0.3) is 0 Å². The molecule has 0 radical (unpaired) electrons. The number of rotatable bonds is 13. The monoisotopic (exact) mass is 473 g/mol. The van der Waals surface area contributed by atoms with E-state index in [9.17, 15) is 0 Å². The molecule has 0 saturated heterocycles. The Hall–Kier alpha value is -4.81. The molecular formula is C15H27N19. The third-order valence-corrected chi connectivity index (χ3v) is 3.79. The fraction of sp³-hybridized carbons (Fsp3) is 0.400. The first kappa shape index (κ1) is 23.8. The Morgan fingerprint density at radius 1 is 0.382 bits per heavy atom. The molecule has 3 aromatic rings. The van der Waals surface area contributed by atoms with Crippen LogP contribution in [0.1, 0.15) is 0 Å². The van der Waals surface area contributed by atoms with Gasteiger partial charge in [0.1, 0.15) is 0 Å². The summed E-state index contributed by atoms with van der Waals surface area (Å²) in [6.45, 7) is 2.68. The van der Waals surface area contributed by atoms with E-state index in [1.807, 2.05) is 0 Å². The van der Waals surface area contributed by atoms with Gasteiger partial charge in [-0.25, -0.2) is 0 Å². The van der Waals surface area contributed by atoms with E-state index in [0.717, 1.165) is 0 Å². The van der Waals surface area contributed by atoms with Crippen molar-refractivity contribution in [2.75, 3.05) is 88.8 Å². The summed E-state index contributed by atoms with van der Waals surface area (Å²) in [4.78, 5) is 36.1. The van der Waals surface area contributed by atoms with Gasteiger partial charge in [0.15, 0.2) is 0 Å². The van der Waals surface area contributed by atoms with E-state index in [1.54, 1.807) is 0 Å². The van der Waals surface area contributed by atoms with Crippen LogP contribution in [-0.2, 0) is 0 Å².